The Kier molecular flexibility index (Phi) is 5.48. The molecule has 0 spiro atoms. The summed E-state index contributed by atoms with van der Waals surface area (Å²) in [5.74, 6) is -0.356. The van der Waals surface area contributed by atoms with Gasteiger partial charge >= 0.3 is 0 Å². The van der Waals surface area contributed by atoms with Crippen LogP contribution in [0, 0.1) is 12.7 Å². The summed E-state index contributed by atoms with van der Waals surface area (Å²) in [6.45, 7) is 3.10. The molecule has 0 radical (unpaired) electrons. The van der Waals surface area contributed by atoms with E-state index in [2.05, 4.69) is 15.6 Å². The third kappa shape index (κ3) is 4.25. The predicted octanol–water partition coefficient (Wildman–Crippen LogP) is 3.36. The van der Waals surface area contributed by atoms with Crippen molar-refractivity contribution in [2.75, 3.05) is 0 Å². The lowest BCUT2D eigenvalue weighted by molar-refractivity contribution is 0.300. The van der Waals surface area contributed by atoms with Crippen molar-refractivity contribution >= 4 is 10.9 Å². The molecule has 0 saturated carbocycles. The van der Waals surface area contributed by atoms with Crippen LogP contribution in [0.25, 0.3) is 10.9 Å². The van der Waals surface area contributed by atoms with Crippen LogP contribution in [0.2, 0.25) is 0 Å². The number of pyridine rings is 1. The van der Waals surface area contributed by atoms with Gasteiger partial charge in [-0.2, -0.15) is 0 Å². The van der Waals surface area contributed by atoms with Crippen LogP contribution < -0.4 is 10.9 Å². The number of aromatic nitrogens is 3. The molecule has 0 saturated heterocycles. The normalized spacial score (nSPS) is 11.2. The third-order valence-electron chi connectivity index (χ3n) is 4.95. The summed E-state index contributed by atoms with van der Waals surface area (Å²) in [4.78, 5) is 13.1. The molecule has 29 heavy (non-hydrogen) atoms. The zero-order valence-corrected chi connectivity index (χ0v) is 16.1. The fraction of sp³-hybridized carbons (Fsp3) is 0.227. The molecular weight excluding hydrogens is 371 g/mol. The van der Waals surface area contributed by atoms with Gasteiger partial charge in [0.05, 0.1) is 5.52 Å². The number of halogens is 1. The Hall–Kier alpha value is -3.32. The first kappa shape index (κ1) is 19.0. The summed E-state index contributed by atoms with van der Waals surface area (Å²) in [6.07, 6.45) is 0.688. The standard InChI is InChI=1S/C22H21FN4O2/c1-15-20(26-29-25-15)14-24-13-18-11-17-7-8-19(23)12-21(17)27(22(18)28)10-9-16-5-3-2-4-6-16/h2-8,11-12,24H,9-10,13-14H2,1H3. The summed E-state index contributed by atoms with van der Waals surface area (Å²) in [5, 5.41) is 11.6. The summed E-state index contributed by atoms with van der Waals surface area (Å²) in [6, 6.07) is 16.3. The minimum Gasteiger partial charge on any atom is -0.308 e. The Morgan fingerprint density at radius 2 is 1.90 bits per heavy atom. The van der Waals surface area contributed by atoms with E-state index in [4.69, 9.17) is 4.63 Å². The number of fused-ring (bicyclic) bond motifs is 1. The summed E-state index contributed by atoms with van der Waals surface area (Å²) >= 11 is 0. The van der Waals surface area contributed by atoms with Crippen LogP contribution in [0.3, 0.4) is 0 Å². The minimum atomic E-state index is -0.356. The second-order valence-electron chi connectivity index (χ2n) is 6.96. The van der Waals surface area contributed by atoms with E-state index in [1.807, 2.05) is 43.3 Å². The quantitative estimate of drug-likeness (QED) is 0.522. The van der Waals surface area contributed by atoms with Crippen molar-refractivity contribution in [2.24, 2.45) is 0 Å². The maximum Gasteiger partial charge on any atom is 0.255 e. The van der Waals surface area contributed by atoms with E-state index >= 15 is 0 Å². The highest BCUT2D eigenvalue weighted by molar-refractivity contribution is 5.79. The minimum absolute atomic E-state index is 0.124. The van der Waals surface area contributed by atoms with Gasteiger partial charge < -0.3 is 9.88 Å². The molecule has 148 valence electrons. The number of nitrogens with zero attached hydrogens (tertiary/aromatic N) is 3. The molecule has 0 atom stereocenters. The molecule has 4 aromatic rings. The highest BCUT2D eigenvalue weighted by Gasteiger charge is 2.11. The number of nitrogens with one attached hydrogen (secondary N) is 1. The van der Waals surface area contributed by atoms with Gasteiger partial charge in [-0.25, -0.2) is 9.02 Å². The Balaban J connectivity index is 1.62. The molecule has 7 heteroatoms. The van der Waals surface area contributed by atoms with Gasteiger partial charge in [-0.15, -0.1) is 0 Å². The maximum atomic E-state index is 13.9. The van der Waals surface area contributed by atoms with Crippen LogP contribution in [-0.2, 0) is 26.1 Å². The van der Waals surface area contributed by atoms with Gasteiger partial charge in [0, 0.05) is 25.2 Å². The van der Waals surface area contributed by atoms with Crippen LogP contribution in [0.1, 0.15) is 22.5 Å². The van der Waals surface area contributed by atoms with E-state index in [1.165, 1.54) is 12.1 Å². The fourth-order valence-electron chi connectivity index (χ4n) is 3.36. The zero-order chi connectivity index (χ0) is 20.2. The average Bonchev–Trinajstić information content (AvgIpc) is 3.14. The highest BCUT2D eigenvalue weighted by Crippen LogP contribution is 2.16. The lowest BCUT2D eigenvalue weighted by atomic mass is 10.1. The average molecular weight is 392 g/mol. The van der Waals surface area contributed by atoms with Crippen molar-refractivity contribution in [3.63, 3.8) is 0 Å². The maximum absolute atomic E-state index is 13.9. The molecule has 2 aromatic heterocycles. The van der Waals surface area contributed by atoms with Crippen molar-refractivity contribution in [1.82, 2.24) is 20.2 Å². The molecule has 2 aromatic carbocycles. The second kappa shape index (κ2) is 8.36. The van der Waals surface area contributed by atoms with Gasteiger partial charge in [-0.3, -0.25) is 4.79 Å². The summed E-state index contributed by atoms with van der Waals surface area (Å²) < 4.78 is 20.2. The van der Waals surface area contributed by atoms with Gasteiger partial charge in [0.15, 0.2) is 0 Å². The molecule has 6 nitrogen and oxygen atoms in total. The van der Waals surface area contributed by atoms with Crippen LogP contribution in [0.15, 0.2) is 64.0 Å². The Morgan fingerprint density at radius 3 is 2.66 bits per heavy atom. The molecule has 0 unspecified atom stereocenters. The monoisotopic (exact) mass is 392 g/mol. The molecule has 0 aliphatic rings. The van der Waals surface area contributed by atoms with E-state index in [1.54, 1.807) is 10.6 Å². The van der Waals surface area contributed by atoms with Gasteiger partial charge in [-0.05, 0) is 48.6 Å². The van der Waals surface area contributed by atoms with Crippen molar-refractivity contribution < 1.29 is 9.02 Å². The SMILES string of the molecule is Cc1nonc1CNCc1cc2ccc(F)cc2n(CCc2ccccc2)c1=O. The molecule has 0 aliphatic carbocycles. The first-order valence-corrected chi connectivity index (χ1v) is 9.46. The number of benzene rings is 2. The Morgan fingerprint density at radius 1 is 1.07 bits per heavy atom. The van der Waals surface area contributed by atoms with Crippen molar-refractivity contribution in [3.05, 3.63) is 93.3 Å². The zero-order valence-electron chi connectivity index (χ0n) is 16.1. The molecule has 0 amide bonds. The van der Waals surface area contributed by atoms with Crippen LogP contribution in [0.5, 0.6) is 0 Å². The van der Waals surface area contributed by atoms with E-state index < -0.39 is 0 Å². The highest BCUT2D eigenvalue weighted by atomic mass is 19.1. The predicted molar refractivity (Wildman–Crippen MR) is 108 cm³/mol. The van der Waals surface area contributed by atoms with E-state index in [0.717, 1.165) is 10.9 Å². The van der Waals surface area contributed by atoms with Crippen molar-refractivity contribution in [1.29, 1.82) is 0 Å². The lowest BCUT2D eigenvalue weighted by Gasteiger charge is -2.14. The third-order valence-corrected chi connectivity index (χ3v) is 4.95. The topological polar surface area (TPSA) is 73.0 Å². The van der Waals surface area contributed by atoms with E-state index in [-0.39, 0.29) is 11.4 Å². The number of hydrogen-bond acceptors (Lipinski definition) is 5. The number of rotatable bonds is 7. The molecule has 0 fully saturated rings. The van der Waals surface area contributed by atoms with Gasteiger partial charge in [0.25, 0.3) is 5.56 Å². The number of hydrogen-bond donors (Lipinski definition) is 1. The first-order valence-electron chi connectivity index (χ1n) is 9.46. The van der Waals surface area contributed by atoms with Gasteiger partial charge in [0.1, 0.15) is 17.2 Å². The summed E-state index contributed by atoms with van der Waals surface area (Å²) in [5.41, 5.74) is 3.64. The molecule has 4 rings (SSSR count). The van der Waals surface area contributed by atoms with Crippen LogP contribution in [-0.4, -0.2) is 14.9 Å². The molecule has 2 heterocycles. The fourth-order valence-corrected chi connectivity index (χ4v) is 3.36. The Labute approximate surface area is 166 Å². The van der Waals surface area contributed by atoms with E-state index in [9.17, 15) is 9.18 Å². The van der Waals surface area contributed by atoms with Crippen LogP contribution >= 0.6 is 0 Å². The number of aryl methyl sites for hydroxylation is 3. The molecule has 0 aliphatic heterocycles. The second-order valence-corrected chi connectivity index (χ2v) is 6.96. The smallest absolute Gasteiger partial charge is 0.255 e. The molecule has 1 N–H and O–H groups in total. The van der Waals surface area contributed by atoms with Crippen molar-refractivity contribution in [2.45, 2.75) is 33.0 Å². The Bertz CT molecular complexity index is 1180. The molecule has 0 bridgehead atoms. The molecular formula is C22H21FN4O2. The van der Waals surface area contributed by atoms with Crippen molar-refractivity contribution in [3.8, 4) is 0 Å². The summed E-state index contributed by atoms with van der Waals surface area (Å²) in [7, 11) is 0. The van der Waals surface area contributed by atoms with Gasteiger partial charge in [0.2, 0.25) is 0 Å². The van der Waals surface area contributed by atoms with E-state index in [0.29, 0.717) is 48.5 Å². The first-order chi connectivity index (χ1) is 14.1. The lowest BCUT2D eigenvalue weighted by Crippen LogP contribution is -2.28. The van der Waals surface area contributed by atoms with Gasteiger partial charge in [-0.1, -0.05) is 40.6 Å². The van der Waals surface area contributed by atoms with Crippen LogP contribution in [0.4, 0.5) is 4.39 Å². The largest absolute Gasteiger partial charge is 0.308 e.